The van der Waals surface area contributed by atoms with Crippen LogP contribution in [0.4, 0.5) is 11.4 Å². The second-order valence-corrected chi connectivity index (χ2v) is 6.37. The number of nitrogens with zero attached hydrogens (tertiary/aromatic N) is 2. The van der Waals surface area contributed by atoms with E-state index in [-0.39, 0.29) is 5.91 Å². The van der Waals surface area contributed by atoms with E-state index in [9.17, 15) is 4.79 Å². The van der Waals surface area contributed by atoms with Crippen LogP contribution < -0.4 is 10.6 Å². The van der Waals surface area contributed by atoms with Crippen LogP contribution in [0.1, 0.15) is 32.7 Å². The molecule has 0 atom stereocenters. The predicted octanol–water partition coefficient (Wildman–Crippen LogP) is 4.27. The van der Waals surface area contributed by atoms with Gasteiger partial charge in [-0.05, 0) is 55.7 Å². The number of nitrogens with one attached hydrogen (secondary N) is 2. The van der Waals surface area contributed by atoms with E-state index in [1.165, 1.54) is 5.56 Å². The summed E-state index contributed by atoms with van der Waals surface area (Å²) in [5.74, 6) is -0.209. The van der Waals surface area contributed by atoms with Crippen molar-refractivity contribution in [3.63, 3.8) is 0 Å². The van der Waals surface area contributed by atoms with Crippen molar-refractivity contribution in [2.45, 2.75) is 27.3 Å². The molecular formula is C21H22N4O. The Morgan fingerprint density at radius 2 is 1.81 bits per heavy atom. The van der Waals surface area contributed by atoms with Crippen molar-refractivity contribution < 1.29 is 4.79 Å². The molecule has 0 bridgehead atoms. The van der Waals surface area contributed by atoms with Gasteiger partial charge in [0.1, 0.15) is 5.69 Å². The van der Waals surface area contributed by atoms with E-state index < -0.39 is 0 Å². The molecule has 3 aromatic rings. The standard InChI is InChI=1S/C21H22N4O/c1-14-9-15(2)20(16(3)10-14)25-21(26)19-7-6-18(13-24-19)23-12-17-5-4-8-22-11-17/h4-11,13,23H,12H2,1-3H3,(H,25,26). The number of carbonyl (C=O) groups excluding carboxylic acids is 1. The quantitative estimate of drug-likeness (QED) is 0.724. The summed E-state index contributed by atoms with van der Waals surface area (Å²) >= 11 is 0. The minimum absolute atomic E-state index is 0.209. The van der Waals surface area contributed by atoms with E-state index in [1.807, 2.05) is 45.2 Å². The first kappa shape index (κ1) is 17.6. The van der Waals surface area contributed by atoms with Crippen molar-refractivity contribution >= 4 is 17.3 Å². The fourth-order valence-corrected chi connectivity index (χ4v) is 2.89. The number of rotatable bonds is 5. The van der Waals surface area contributed by atoms with E-state index in [0.717, 1.165) is 28.1 Å². The number of hydrogen-bond donors (Lipinski definition) is 2. The van der Waals surface area contributed by atoms with Crippen molar-refractivity contribution in [3.05, 3.63) is 82.9 Å². The largest absolute Gasteiger partial charge is 0.380 e. The van der Waals surface area contributed by atoms with Crippen LogP contribution in [0.15, 0.2) is 55.0 Å². The first-order chi connectivity index (χ1) is 12.5. The number of pyridine rings is 2. The lowest BCUT2D eigenvalue weighted by molar-refractivity contribution is 0.102. The summed E-state index contributed by atoms with van der Waals surface area (Å²) in [6.45, 7) is 6.69. The predicted molar refractivity (Wildman–Crippen MR) is 104 cm³/mol. The molecule has 0 unspecified atom stereocenters. The van der Waals surface area contributed by atoms with Gasteiger partial charge in [-0.15, -0.1) is 0 Å². The third-order valence-corrected chi connectivity index (χ3v) is 4.13. The molecule has 2 aromatic heterocycles. The Morgan fingerprint density at radius 1 is 1.04 bits per heavy atom. The third kappa shape index (κ3) is 4.25. The summed E-state index contributed by atoms with van der Waals surface area (Å²) < 4.78 is 0. The van der Waals surface area contributed by atoms with E-state index in [1.54, 1.807) is 18.5 Å². The second kappa shape index (κ2) is 7.78. The first-order valence-electron chi connectivity index (χ1n) is 8.51. The molecule has 0 radical (unpaired) electrons. The molecule has 0 aliphatic carbocycles. The Kier molecular flexibility index (Phi) is 5.27. The lowest BCUT2D eigenvalue weighted by Gasteiger charge is -2.13. The van der Waals surface area contributed by atoms with Crippen molar-refractivity contribution in [1.82, 2.24) is 9.97 Å². The number of hydrogen-bond acceptors (Lipinski definition) is 4. The van der Waals surface area contributed by atoms with Crippen LogP contribution in [0.3, 0.4) is 0 Å². The number of amides is 1. The number of aromatic nitrogens is 2. The molecule has 0 saturated carbocycles. The van der Waals surface area contributed by atoms with Gasteiger partial charge in [0, 0.05) is 24.6 Å². The Labute approximate surface area is 153 Å². The zero-order chi connectivity index (χ0) is 18.5. The van der Waals surface area contributed by atoms with Gasteiger partial charge in [-0.3, -0.25) is 9.78 Å². The van der Waals surface area contributed by atoms with Crippen LogP contribution in [0.25, 0.3) is 0 Å². The van der Waals surface area contributed by atoms with Gasteiger partial charge in [-0.25, -0.2) is 4.98 Å². The molecule has 1 aromatic carbocycles. The monoisotopic (exact) mass is 346 g/mol. The molecule has 0 saturated heterocycles. The minimum atomic E-state index is -0.209. The van der Waals surface area contributed by atoms with Crippen LogP contribution >= 0.6 is 0 Å². The van der Waals surface area contributed by atoms with Gasteiger partial charge in [0.15, 0.2) is 0 Å². The molecule has 132 valence electrons. The molecular weight excluding hydrogens is 324 g/mol. The Morgan fingerprint density at radius 3 is 2.42 bits per heavy atom. The Hall–Kier alpha value is -3.21. The van der Waals surface area contributed by atoms with E-state index in [2.05, 4.69) is 32.7 Å². The smallest absolute Gasteiger partial charge is 0.274 e. The molecule has 0 aliphatic heterocycles. The highest BCUT2D eigenvalue weighted by Crippen LogP contribution is 2.22. The maximum atomic E-state index is 12.5. The normalized spacial score (nSPS) is 10.4. The topological polar surface area (TPSA) is 66.9 Å². The maximum Gasteiger partial charge on any atom is 0.274 e. The summed E-state index contributed by atoms with van der Waals surface area (Å²) in [5.41, 5.74) is 6.45. The summed E-state index contributed by atoms with van der Waals surface area (Å²) in [7, 11) is 0. The highest BCUT2D eigenvalue weighted by atomic mass is 16.1. The number of benzene rings is 1. The van der Waals surface area contributed by atoms with E-state index >= 15 is 0 Å². The van der Waals surface area contributed by atoms with Gasteiger partial charge in [-0.2, -0.15) is 0 Å². The molecule has 5 heteroatoms. The van der Waals surface area contributed by atoms with Crippen molar-refractivity contribution in [2.75, 3.05) is 10.6 Å². The first-order valence-corrected chi connectivity index (χ1v) is 8.51. The molecule has 0 fully saturated rings. The molecule has 0 aliphatic rings. The summed E-state index contributed by atoms with van der Waals surface area (Å²) in [4.78, 5) is 20.9. The molecule has 5 nitrogen and oxygen atoms in total. The van der Waals surface area contributed by atoms with Crippen LogP contribution in [0, 0.1) is 20.8 Å². The maximum absolute atomic E-state index is 12.5. The lowest BCUT2D eigenvalue weighted by atomic mass is 10.0. The van der Waals surface area contributed by atoms with Crippen LogP contribution in [-0.2, 0) is 6.54 Å². The zero-order valence-corrected chi connectivity index (χ0v) is 15.2. The lowest BCUT2D eigenvalue weighted by Crippen LogP contribution is -2.15. The van der Waals surface area contributed by atoms with Gasteiger partial charge in [0.25, 0.3) is 5.91 Å². The second-order valence-electron chi connectivity index (χ2n) is 6.37. The minimum Gasteiger partial charge on any atom is -0.380 e. The zero-order valence-electron chi connectivity index (χ0n) is 15.2. The Balaban J connectivity index is 1.66. The van der Waals surface area contributed by atoms with E-state index in [4.69, 9.17) is 0 Å². The van der Waals surface area contributed by atoms with Crippen molar-refractivity contribution in [1.29, 1.82) is 0 Å². The third-order valence-electron chi connectivity index (χ3n) is 4.13. The van der Waals surface area contributed by atoms with Gasteiger partial charge in [0.2, 0.25) is 0 Å². The molecule has 2 N–H and O–H groups in total. The van der Waals surface area contributed by atoms with Crippen molar-refractivity contribution in [3.8, 4) is 0 Å². The number of anilines is 2. The number of carbonyl (C=O) groups is 1. The average Bonchev–Trinajstić information content (AvgIpc) is 2.64. The summed E-state index contributed by atoms with van der Waals surface area (Å²) in [6, 6.07) is 11.6. The van der Waals surface area contributed by atoms with Gasteiger partial charge >= 0.3 is 0 Å². The molecule has 2 heterocycles. The average molecular weight is 346 g/mol. The highest BCUT2D eigenvalue weighted by Gasteiger charge is 2.11. The van der Waals surface area contributed by atoms with Crippen molar-refractivity contribution in [2.24, 2.45) is 0 Å². The molecule has 3 rings (SSSR count). The Bertz CT molecular complexity index is 882. The summed E-state index contributed by atoms with van der Waals surface area (Å²) in [6.07, 6.45) is 5.23. The fraction of sp³-hybridized carbons (Fsp3) is 0.190. The van der Waals surface area contributed by atoms with Crippen LogP contribution in [0.5, 0.6) is 0 Å². The van der Waals surface area contributed by atoms with Crippen LogP contribution in [-0.4, -0.2) is 15.9 Å². The summed E-state index contributed by atoms with van der Waals surface area (Å²) in [5, 5.41) is 6.24. The van der Waals surface area contributed by atoms with Gasteiger partial charge < -0.3 is 10.6 Å². The molecule has 26 heavy (non-hydrogen) atoms. The fourth-order valence-electron chi connectivity index (χ4n) is 2.89. The van der Waals surface area contributed by atoms with E-state index in [0.29, 0.717) is 12.2 Å². The van der Waals surface area contributed by atoms with Gasteiger partial charge in [-0.1, -0.05) is 23.8 Å². The number of aryl methyl sites for hydroxylation is 3. The SMILES string of the molecule is Cc1cc(C)c(NC(=O)c2ccc(NCc3cccnc3)cn2)c(C)c1. The molecule has 0 spiro atoms. The van der Waals surface area contributed by atoms with Crippen LogP contribution in [0.2, 0.25) is 0 Å². The van der Waals surface area contributed by atoms with Gasteiger partial charge in [0.05, 0.1) is 11.9 Å². The highest BCUT2D eigenvalue weighted by molar-refractivity contribution is 6.03. The molecule has 1 amide bonds.